The Morgan fingerprint density at radius 1 is 1.19 bits per heavy atom. The Morgan fingerprint density at radius 3 is 2.19 bits per heavy atom. The van der Waals surface area contributed by atoms with Gasteiger partial charge in [-0.1, -0.05) is 0 Å². The van der Waals surface area contributed by atoms with Crippen molar-refractivity contribution in [3.05, 3.63) is 0 Å². The molecule has 0 spiro atoms. The Balaban J connectivity index is 2.00. The highest BCUT2D eigenvalue weighted by atomic mass is 19.4. The largest absolute Gasteiger partial charge is 0.406 e. The predicted octanol–water partition coefficient (Wildman–Crippen LogP) is 2.94. The van der Waals surface area contributed by atoms with Crippen LogP contribution in [0.1, 0.15) is 45.4 Å². The van der Waals surface area contributed by atoms with Crippen molar-refractivity contribution >= 4 is 5.91 Å². The average molecular weight is 306 g/mol. The number of amides is 1. The molecule has 1 amide bonds. The molecule has 0 aliphatic heterocycles. The molecule has 2 aliphatic carbocycles. The normalized spacial score (nSPS) is 28.2. The van der Waals surface area contributed by atoms with Crippen LogP contribution in [0.5, 0.6) is 0 Å². The van der Waals surface area contributed by atoms with Gasteiger partial charge >= 0.3 is 6.18 Å². The first-order valence-electron chi connectivity index (χ1n) is 7.89. The second-order valence-corrected chi connectivity index (χ2v) is 6.61. The first kappa shape index (κ1) is 16.6. The maximum absolute atomic E-state index is 12.8. The summed E-state index contributed by atoms with van der Waals surface area (Å²) in [6, 6.07) is -0.300. The molecule has 0 saturated heterocycles. The number of nitrogens with two attached hydrogens (primary N) is 1. The monoisotopic (exact) mass is 306 g/mol. The fourth-order valence-corrected chi connectivity index (χ4v) is 3.33. The second kappa shape index (κ2) is 6.55. The van der Waals surface area contributed by atoms with Crippen molar-refractivity contribution in [2.75, 3.05) is 13.1 Å². The van der Waals surface area contributed by atoms with Crippen LogP contribution < -0.4 is 5.73 Å². The standard InChI is InChI=1S/C15H25F3N2O/c1-10(12-6-7-12)20(9-15(16,17)18)14(21)13-4-2-11(8-19)3-5-13/h10-13H,2-9,19H2,1H3. The van der Waals surface area contributed by atoms with Crippen LogP contribution in [0.25, 0.3) is 0 Å². The van der Waals surface area contributed by atoms with Crippen molar-refractivity contribution in [1.29, 1.82) is 0 Å². The van der Waals surface area contributed by atoms with Crippen LogP contribution >= 0.6 is 0 Å². The van der Waals surface area contributed by atoms with E-state index in [1.165, 1.54) is 0 Å². The lowest BCUT2D eigenvalue weighted by molar-refractivity contribution is -0.169. The van der Waals surface area contributed by atoms with Gasteiger partial charge < -0.3 is 10.6 Å². The van der Waals surface area contributed by atoms with Gasteiger partial charge in [-0.2, -0.15) is 13.2 Å². The smallest absolute Gasteiger partial charge is 0.330 e. The number of alkyl halides is 3. The maximum atomic E-state index is 12.8. The zero-order valence-electron chi connectivity index (χ0n) is 12.5. The van der Waals surface area contributed by atoms with Gasteiger partial charge in [0.25, 0.3) is 0 Å². The topological polar surface area (TPSA) is 46.3 Å². The molecule has 2 fully saturated rings. The molecule has 0 heterocycles. The summed E-state index contributed by atoms with van der Waals surface area (Å²) in [5.41, 5.74) is 5.62. The van der Waals surface area contributed by atoms with E-state index in [9.17, 15) is 18.0 Å². The molecule has 0 bridgehead atoms. The van der Waals surface area contributed by atoms with E-state index < -0.39 is 12.7 Å². The van der Waals surface area contributed by atoms with Crippen LogP contribution in [0.3, 0.4) is 0 Å². The summed E-state index contributed by atoms with van der Waals surface area (Å²) >= 11 is 0. The molecular weight excluding hydrogens is 281 g/mol. The zero-order valence-corrected chi connectivity index (χ0v) is 12.5. The molecule has 0 radical (unpaired) electrons. The third-order valence-corrected chi connectivity index (χ3v) is 4.96. The van der Waals surface area contributed by atoms with E-state index in [1.54, 1.807) is 6.92 Å². The first-order chi connectivity index (χ1) is 9.81. The predicted molar refractivity (Wildman–Crippen MR) is 74.5 cm³/mol. The highest BCUT2D eigenvalue weighted by molar-refractivity contribution is 5.79. The summed E-state index contributed by atoms with van der Waals surface area (Å²) in [5.74, 6) is 0.112. The van der Waals surface area contributed by atoms with Crippen molar-refractivity contribution < 1.29 is 18.0 Å². The molecule has 0 aromatic rings. The highest BCUT2D eigenvalue weighted by Gasteiger charge is 2.42. The molecule has 21 heavy (non-hydrogen) atoms. The Morgan fingerprint density at radius 2 is 1.76 bits per heavy atom. The Bertz CT molecular complexity index is 360. The van der Waals surface area contributed by atoms with Gasteiger partial charge in [0.05, 0.1) is 0 Å². The van der Waals surface area contributed by atoms with E-state index in [0.717, 1.165) is 30.6 Å². The van der Waals surface area contributed by atoms with E-state index in [4.69, 9.17) is 5.73 Å². The first-order valence-corrected chi connectivity index (χ1v) is 7.89. The fraction of sp³-hybridized carbons (Fsp3) is 0.933. The maximum Gasteiger partial charge on any atom is 0.406 e. The molecule has 0 aromatic heterocycles. The molecule has 6 heteroatoms. The number of carbonyl (C=O) groups excluding carboxylic acids is 1. The molecule has 122 valence electrons. The highest BCUT2D eigenvalue weighted by Crippen LogP contribution is 2.38. The molecule has 1 unspecified atom stereocenters. The lowest BCUT2D eigenvalue weighted by Crippen LogP contribution is -2.48. The van der Waals surface area contributed by atoms with E-state index >= 15 is 0 Å². The van der Waals surface area contributed by atoms with Crippen molar-refractivity contribution in [3.8, 4) is 0 Å². The van der Waals surface area contributed by atoms with Crippen molar-refractivity contribution in [2.24, 2.45) is 23.5 Å². The number of rotatable bonds is 5. The van der Waals surface area contributed by atoms with Gasteiger partial charge in [0, 0.05) is 12.0 Å². The Labute approximate surface area is 124 Å². The Kier molecular flexibility index (Phi) is 5.17. The molecular formula is C15H25F3N2O. The minimum Gasteiger partial charge on any atom is -0.330 e. The molecule has 2 rings (SSSR count). The van der Waals surface area contributed by atoms with E-state index in [1.807, 2.05) is 0 Å². The minimum absolute atomic E-state index is 0.247. The average Bonchev–Trinajstić information content (AvgIpc) is 3.27. The fourth-order valence-electron chi connectivity index (χ4n) is 3.33. The number of hydrogen-bond donors (Lipinski definition) is 1. The quantitative estimate of drug-likeness (QED) is 0.849. The summed E-state index contributed by atoms with van der Waals surface area (Å²) in [5, 5.41) is 0. The number of halogens is 3. The van der Waals surface area contributed by atoms with E-state index in [-0.39, 0.29) is 23.8 Å². The number of hydrogen-bond acceptors (Lipinski definition) is 2. The van der Waals surface area contributed by atoms with Crippen molar-refractivity contribution in [3.63, 3.8) is 0 Å². The van der Waals surface area contributed by atoms with Crippen molar-refractivity contribution in [1.82, 2.24) is 4.90 Å². The van der Waals surface area contributed by atoms with Crippen LogP contribution in [0.15, 0.2) is 0 Å². The summed E-state index contributed by atoms with van der Waals surface area (Å²) in [6.07, 6.45) is 0.590. The molecule has 2 N–H and O–H groups in total. The van der Waals surface area contributed by atoms with Gasteiger partial charge in [0.1, 0.15) is 6.54 Å². The van der Waals surface area contributed by atoms with Crippen LogP contribution in [0, 0.1) is 17.8 Å². The molecule has 3 nitrogen and oxygen atoms in total. The van der Waals surface area contributed by atoms with Crippen LogP contribution in [-0.4, -0.2) is 36.1 Å². The SMILES string of the molecule is CC(C1CC1)N(CC(F)(F)F)C(=O)C1CCC(CN)CC1. The van der Waals surface area contributed by atoms with Crippen LogP contribution in [-0.2, 0) is 4.79 Å². The summed E-state index contributed by atoms with van der Waals surface area (Å²) in [6.45, 7) is 1.25. The van der Waals surface area contributed by atoms with Crippen LogP contribution in [0.2, 0.25) is 0 Å². The molecule has 1 atom stereocenters. The third-order valence-electron chi connectivity index (χ3n) is 4.96. The molecule has 2 saturated carbocycles. The van der Waals surface area contributed by atoms with Crippen molar-refractivity contribution in [2.45, 2.75) is 57.7 Å². The van der Waals surface area contributed by atoms with Crippen LogP contribution in [0.4, 0.5) is 13.2 Å². The summed E-state index contributed by atoms with van der Waals surface area (Å²) in [4.78, 5) is 13.6. The van der Waals surface area contributed by atoms with Gasteiger partial charge in [-0.3, -0.25) is 4.79 Å². The zero-order chi connectivity index (χ0) is 15.6. The lowest BCUT2D eigenvalue weighted by Gasteiger charge is -2.35. The Hall–Kier alpha value is -0.780. The van der Waals surface area contributed by atoms with Gasteiger partial charge in [-0.25, -0.2) is 0 Å². The van der Waals surface area contributed by atoms with Gasteiger partial charge in [0.2, 0.25) is 5.91 Å². The lowest BCUT2D eigenvalue weighted by atomic mass is 9.81. The third kappa shape index (κ3) is 4.59. The van der Waals surface area contributed by atoms with Gasteiger partial charge in [-0.05, 0) is 63.8 Å². The number of carbonyl (C=O) groups is 1. The van der Waals surface area contributed by atoms with E-state index in [0.29, 0.717) is 25.3 Å². The van der Waals surface area contributed by atoms with E-state index in [2.05, 4.69) is 0 Å². The minimum atomic E-state index is -4.33. The second-order valence-electron chi connectivity index (χ2n) is 6.61. The molecule has 0 aromatic carbocycles. The number of nitrogens with zero attached hydrogens (tertiary/aromatic N) is 1. The summed E-state index contributed by atoms with van der Waals surface area (Å²) in [7, 11) is 0. The molecule has 2 aliphatic rings. The van der Waals surface area contributed by atoms with Gasteiger partial charge in [0.15, 0.2) is 0 Å². The summed E-state index contributed by atoms with van der Waals surface area (Å²) < 4.78 is 38.4. The van der Waals surface area contributed by atoms with Gasteiger partial charge in [-0.15, -0.1) is 0 Å².